The molecule has 1 atom stereocenters. The van der Waals surface area contributed by atoms with E-state index < -0.39 is 12.1 Å². The molecule has 25 heavy (non-hydrogen) atoms. The highest BCUT2D eigenvalue weighted by Gasteiger charge is 2.25. The largest absolute Gasteiger partial charge is 0.286 e. The zero-order valence-corrected chi connectivity index (χ0v) is 15.2. The van der Waals surface area contributed by atoms with Gasteiger partial charge in [-0.2, -0.15) is 5.26 Å². The number of aromatic nitrogens is 3. The molecule has 0 saturated carbocycles. The van der Waals surface area contributed by atoms with E-state index in [0.717, 1.165) is 5.75 Å². The van der Waals surface area contributed by atoms with E-state index >= 15 is 0 Å². The van der Waals surface area contributed by atoms with Crippen LogP contribution in [0.5, 0.6) is 0 Å². The van der Waals surface area contributed by atoms with Crippen molar-refractivity contribution in [2.45, 2.75) is 37.9 Å². The number of hydrogen-bond acceptors (Lipinski definition) is 5. The van der Waals surface area contributed by atoms with Crippen molar-refractivity contribution in [3.8, 4) is 17.3 Å². The van der Waals surface area contributed by atoms with Crippen molar-refractivity contribution >= 4 is 11.8 Å². The van der Waals surface area contributed by atoms with Crippen molar-refractivity contribution in [3.05, 3.63) is 39.9 Å². The molecule has 0 radical (unpaired) electrons. The monoisotopic (exact) mass is 358 g/mol. The molecule has 0 aromatic carbocycles. The van der Waals surface area contributed by atoms with Crippen molar-refractivity contribution in [1.82, 2.24) is 14.5 Å². The predicted octanol–water partition coefficient (Wildman–Crippen LogP) is 3.17. The minimum absolute atomic E-state index is 0.0257. The molecule has 1 aliphatic rings. The lowest BCUT2D eigenvalue weighted by Gasteiger charge is -2.23. The first-order chi connectivity index (χ1) is 11.9. The maximum atomic E-state index is 13.1. The Kier molecular flexibility index (Phi) is 4.65. The van der Waals surface area contributed by atoms with Gasteiger partial charge in [-0.1, -0.05) is 32.5 Å². The second-order valence-electron chi connectivity index (χ2n) is 7.01. The molecular formula is C18H19FN4OS. The first kappa shape index (κ1) is 17.6. The Morgan fingerprint density at radius 3 is 2.84 bits per heavy atom. The van der Waals surface area contributed by atoms with Crippen LogP contribution in [0.15, 0.2) is 28.3 Å². The van der Waals surface area contributed by atoms with Gasteiger partial charge in [-0.25, -0.2) is 4.98 Å². The van der Waals surface area contributed by atoms with E-state index in [-0.39, 0.29) is 11.1 Å². The summed E-state index contributed by atoms with van der Waals surface area (Å²) in [7, 11) is 0. The number of halogens is 1. The molecule has 3 heterocycles. The quantitative estimate of drug-likeness (QED) is 0.788. The number of rotatable bonds is 3. The number of pyridine rings is 1. The van der Waals surface area contributed by atoms with E-state index in [1.165, 1.54) is 11.8 Å². The van der Waals surface area contributed by atoms with E-state index in [0.29, 0.717) is 34.6 Å². The van der Waals surface area contributed by atoms with Gasteiger partial charge in [0.15, 0.2) is 5.16 Å². The van der Waals surface area contributed by atoms with Gasteiger partial charge in [-0.05, 0) is 18.1 Å². The predicted molar refractivity (Wildman–Crippen MR) is 95.3 cm³/mol. The molecule has 2 aromatic rings. The summed E-state index contributed by atoms with van der Waals surface area (Å²) in [5.41, 5.74) is 0.598. The van der Waals surface area contributed by atoms with E-state index in [1.54, 1.807) is 36.7 Å². The SMILES string of the molecule is CC1CSc2nc(-c3ccc(C(C)(C)CF)nc3)c(C#N)c(=O)n2C1. The standard InChI is InChI=1S/C18H19FN4OS/c1-11-8-23-16(24)13(6-20)15(22-17(23)25-9-11)12-4-5-14(21-7-12)18(2,3)10-19/h4-5,7,11H,8-10H2,1-3H3. The summed E-state index contributed by atoms with van der Waals surface area (Å²) in [4.78, 5) is 21.5. The summed E-state index contributed by atoms with van der Waals surface area (Å²) in [5, 5.41) is 10.1. The fourth-order valence-electron chi connectivity index (χ4n) is 2.70. The van der Waals surface area contributed by atoms with Crippen LogP contribution in [-0.4, -0.2) is 27.0 Å². The molecule has 1 aliphatic heterocycles. The topological polar surface area (TPSA) is 71.6 Å². The van der Waals surface area contributed by atoms with Gasteiger partial charge in [-0.3, -0.25) is 18.7 Å². The Labute approximate surface area is 149 Å². The van der Waals surface area contributed by atoms with E-state index in [2.05, 4.69) is 16.9 Å². The fraction of sp³-hybridized carbons (Fsp3) is 0.444. The number of thioether (sulfide) groups is 1. The molecule has 5 nitrogen and oxygen atoms in total. The number of alkyl halides is 1. The average Bonchev–Trinajstić information content (AvgIpc) is 2.62. The summed E-state index contributed by atoms with van der Waals surface area (Å²) in [5.74, 6) is 1.25. The smallest absolute Gasteiger partial charge is 0.272 e. The van der Waals surface area contributed by atoms with Crippen LogP contribution in [0.3, 0.4) is 0 Å². The molecular weight excluding hydrogens is 339 g/mol. The molecule has 0 fully saturated rings. The Morgan fingerprint density at radius 2 is 2.24 bits per heavy atom. The summed E-state index contributed by atoms with van der Waals surface area (Å²) in [6.45, 7) is 5.67. The number of hydrogen-bond donors (Lipinski definition) is 0. The Bertz CT molecular complexity index is 899. The lowest BCUT2D eigenvalue weighted by atomic mass is 9.90. The third-order valence-corrected chi connectivity index (χ3v) is 5.61. The zero-order valence-electron chi connectivity index (χ0n) is 14.4. The lowest BCUT2D eigenvalue weighted by molar-refractivity contribution is 0.344. The fourth-order valence-corrected chi connectivity index (χ4v) is 3.71. The molecule has 2 aromatic heterocycles. The normalized spacial score (nSPS) is 17.0. The van der Waals surface area contributed by atoms with Gasteiger partial charge in [0.05, 0.1) is 5.69 Å². The molecule has 0 N–H and O–H groups in total. The summed E-state index contributed by atoms with van der Waals surface area (Å²) < 4.78 is 14.7. The van der Waals surface area contributed by atoms with Gasteiger partial charge in [-0.15, -0.1) is 0 Å². The van der Waals surface area contributed by atoms with Gasteiger partial charge < -0.3 is 0 Å². The van der Waals surface area contributed by atoms with Crippen LogP contribution < -0.4 is 5.56 Å². The Morgan fingerprint density at radius 1 is 1.48 bits per heavy atom. The van der Waals surface area contributed by atoms with E-state index in [4.69, 9.17) is 0 Å². The minimum atomic E-state index is -0.675. The van der Waals surface area contributed by atoms with Gasteiger partial charge in [0.25, 0.3) is 5.56 Å². The van der Waals surface area contributed by atoms with Crippen LogP contribution >= 0.6 is 11.8 Å². The average molecular weight is 358 g/mol. The lowest BCUT2D eigenvalue weighted by Crippen LogP contribution is -2.32. The van der Waals surface area contributed by atoms with Crippen molar-refractivity contribution in [2.24, 2.45) is 5.92 Å². The van der Waals surface area contributed by atoms with Gasteiger partial charge in [0, 0.05) is 35.2 Å². The maximum Gasteiger partial charge on any atom is 0.272 e. The highest BCUT2D eigenvalue weighted by atomic mass is 32.2. The maximum absolute atomic E-state index is 13.1. The van der Waals surface area contributed by atoms with Crippen LogP contribution in [0.4, 0.5) is 4.39 Å². The van der Waals surface area contributed by atoms with Crippen LogP contribution in [0.2, 0.25) is 0 Å². The van der Waals surface area contributed by atoms with Crippen molar-refractivity contribution in [1.29, 1.82) is 5.26 Å². The molecule has 0 saturated heterocycles. The van der Waals surface area contributed by atoms with Gasteiger partial charge in [0.1, 0.15) is 18.3 Å². The first-order valence-corrected chi connectivity index (χ1v) is 9.06. The number of fused-ring (bicyclic) bond motifs is 1. The van der Waals surface area contributed by atoms with Gasteiger partial charge >= 0.3 is 0 Å². The van der Waals surface area contributed by atoms with E-state index in [1.807, 2.05) is 6.07 Å². The molecule has 0 bridgehead atoms. The Hall–Kier alpha value is -2.20. The number of nitriles is 1. The van der Waals surface area contributed by atoms with Crippen molar-refractivity contribution < 1.29 is 4.39 Å². The molecule has 1 unspecified atom stereocenters. The van der Waals surface area contributed by atoms with Crippen molar-refractivity contribution in [3.63, 3.8) is 0 Å². The second-order valence-corrected chi connectivity index (χ2v) is 8.00. The molecule has 3 rings (SSSR count). The summed E-state index contributed by atoms with van der Waals surface area (Å²) >= 11 is 1.52. The minimum Gasteiger partial charge on any atom is -0.286 e. The zero-order chi connectivity index (χ0) is 18.2. The molecule has 130 valence electrons. The molecule has 7 heteroatoms. The molecule has 0 amide bonds. The van der Waals surface area contributed by atoms with Crippen LogP contribution in [0, 0.1) is 17.2 Å². The third-order valence-electron chi connectivity index (χ3n) is 4.30. The van der Waals surface area contributed by atoms with Crippen LogP contribution in [0.1, 0.15) is 32.0 Å². The van der Waals surface area contributed by atoms with Crippen LogP contribution in [-0.2, 0) is 12.0 Å². The Balaban J connectivity index is 2.11. The third kappa shape index (κ3) is 3.19. The van der Waals surface area contributed by atoms with Crippen molar-refractivity contribution in [2.75, 3.05) is 12.4 Å². The molecule has 0 aliphatic carbocycles. The number of nitrogens with zero attached hydrogens (tertiary/aromatic N) is 4. The first-order valence-electron chi connectivity index (χ1n) is 8.08. The summed E-state index contributed by atoms with van der Waals surface area (Å²) in [6, 6.07) is 5.46. The summed E-state index contributed by atoms with van der Waals surface area (Å²) in [6.07, 6.45) is 1.56. The second kappa shape index (κ2) is 6.60. The highest BCUT2D eigenvalue weighted by Crippen LogP contribution is 2.29. The van der Waals surface area contributed by atoms with Gasteiger partial charge in [0.2, 0.25) is 0 Å². The van der Waals surface area contributed by atoms with Crippen LogP contribution in [0.25, 0.3) is 11.3 Å². The van der Waals surface area contributed by atoms with E-state index in [9.17, 15) is 14.4 Å². The molecule has 0 spiro atoms. The highest BCUT2D eigenvalue weighted by molar-refractivity contribution is 7.99.